The van der Waals surface area contributed by atoms with Crippen LogP contribution in [0.4, 0.5) is 5.69 Å². The quantitative estimate of drug-likeness (QED) is 0.598. The first-order chi connectivity index (χ1) is 10.1. The van der Waals surface area contributed by atoms with Crippen molar-refractivity contribution in [1.29, 1.82) is 0 Å². The van der Waals surface area contributed by atoms with Crippen LogP contribution in [0.25, 0.3) is 0 Å². The van der Waals surface area contributed by atoms with E-state index in [0.29, 0.717) is 17.2 Å². The Labute approximate surface area is 127 Å². The molecule has 0 fully saturated rings. The largest absolute Gasteiger partial charge is 0.497 e. The molecule has 0 unspecified atom stereocenters. The molecule has 0 amide bonds. The van der Waals surface area contributed by atoms with E-state index >= 15 is 0 Å². The summed E-state index contributed by atoms with van der Waals surface area (Å²) in [7, 11) is 1.61. The minimum atomic E-state index is -0.455. The number of hydrogen-bond acceptors (Lipinski definition) is 4. The Morgan fingerprint density at radius 2 is 1.86 bits per heavy atom. The fourth-order valence-electron chi connectivity index (χ4n) is 1.79. The van der Waals surface area contributed by atoms with E-state index in [9.17, 15) is 10.1 Å². The third kappa shape index (κ3) is 4.18. The normalized spacial score (nSPS) is 10.4. The zero-order valence-electron chi connectivity index (χ0n) is 11.4. The molecule has 0 saturated carbocycles. The molecule has 110 valence electrons. The van der Waals surface area contributed by atoms with Gasteiger partial charge in [0.2, 0.25) is 0 Å². The van der Waals surface area contributed by atoms with Crippen LogP contribution in [0, 0.1) is 10.1 Å². The highest BCUT2D eigenvalue weighted by Gasteiger charge is 2.09. The van der Waals surface area contributed by atoms with Gasteiger partial charge < -0.3 is 9.47 Å². The molecule has 0 spiro atoms. The Balaban J connectivity index is 1.96. The molecule has 2 aromatic rings. The number of ether oxygens (including phenoxy) is 2. The van der Waals surface area contributed by atoms with Crippen LogP contribution in [0.15, 0.2) is 42.5 Å². The number of halogens is 1. The first kappa shape index (κ1) is 15.3. The lowest BCUT2D eigenvalue weighted by Gasteiger charge is -2.07. The van der Waals surface area contributed by atoms with Crippen LogP contribution in [0.5, 0.6) is 5.75 Å². The number of non-ortho nitro benzene ring substituents is 1. The molecule has 0 atom stereocenters. The van der Waals surface area contributed by atoms with Crippen LogP contribution in [-0.4, -0.2) is 12.0 Å². The molecule has 5 nitrogen and oxygen atoms in total. The molecule has 6 heteroatoms. The third-order valence-electron chi connectivity index (χ3n) is 2.93. The average Bonchev–Trinajstić information content (AvgIpc) is 2.49. The van der Waals surface area contributed by atoms with Gasteiger partial charge >= 0.3 is 0 Å². The predicted octanol–water partition coefficient (Wildman–Crippen LogP) is 3.97. The van der Waals surface area contributed by atoms with Crippen molar-refractivity contribution in [2.75, 3.05) is 7.11 Å². The average molecular weight is 308 g/mol. The van der Waals surface area contributed by atoms with E-state index < -0.39 is 4.92 Å². The molecule has 2 aromatic carbocycles. The van der Waals surface area contributed by atoms with E-state index in [-0.39, 0.29) is 12.3 Å². The first-order valence-electron chi connectivity index (χ1n) is 6.23. The zero-order valence-corrected chi connectivity index (χ0v) is 12.2. The van der Waals surface area contributed by atoms with Gasteiger partial charge in [-0.1, -0.05) is 23.7 Å². The Morgan fingerprint density at radius 1 is 1.14 bits per heavy atom. The van der Waals surface area contributed by atoms with E-state index in [2.05, 4.69) is 0 Å². The summed E-state index contributed by atoms with van der Waals surface area (Å²) < 4.78 is 10.6. The molecule has 0 aromatic heterocycles. The van der Waals surface area contributed by atoms with Crippen molar-refractivity contribution in [2.45, 2.75) is 13.2 Å². The second-order valence-corrected chi connectivity index (χ2v) is 4.78. The molecule has 0 radical (unpaired) electrons. The van der Waals surface area contributed by atoms with Crippen LogP contribution < -0.4 is 4.74 Å². The van der Waals surface area contributed by atoms with E-state index in [0.717, 1.165) is 11.3 Å². The topological polar surface area (TPSA) is 61.6 Å². The molecule has 0 aliphatic heterocycles. The number of rotatable bonds is 6. The minimum absolute atomic E-state index is 0.00227. The molecule has 0 aliphatic rings. The molecule has 0 bridgehead atoms. The molecule has 2 rings (SSSR count). The number of benzene rings is 2. The lowest BCUT2D eigenvalue weighted by Crippen LogP contribution is -1.97. The van der Waals surface area contributed by atoms with E-state index in [4.69, 9.17) is 21.1 Å². The highest BCUT2D eigenvalue weighted by atomic mass is 35.5. The van der Waals surface area contributed by atoms with Crippen molar-refractivity contribution in [1.82, 2.24) is 0 Å². The molecule has 0 N–H and O–H groups in total. The Morgan fingerprint density at radius 3 is 2.48 bits per heavy atom. The van der Waals surface area contributed by atoms with Gasteiger partial charge in [0.1, 0.15) is 5.75 Å². The maximum atomic E-state index is 10.7. The van der Waals surface area contributed by atoms with Crippen LogP contribution in [0.2, 0.25) is 5.02 Å². The van der Waals surface area contributed by atoms with Gasteiger partial charge in [-0.2, -0.15) is 0 Å². The Bertz CT molecular complexity index is 628. The van der Waals surface area contributed by atoms with Crippen LogP contribution in [-0.2, 0) is 18.0 Å². The summed E-state index contributed by atoms with van der Waals surface area (Å²) in [5.41, 5.74) is 1.58. The second-order valence-electron chi connectivity index (χ2n) is 4.37. The first-order valence-corrected chi connectivity index (χ1v) is 6.61. The number of nitro benzene ring substituents is 1. The minimum Gasteiger partial charge on any atom is -0.497 e. The summed E-state index contributed by atoms with van der Waals surface area (Å²) in [6.45, 7) is 0.607. The highest BCUT2D eigenvalue weighted by molar-refractivity contribution is 6.31. The van der Waals surface area contributed by atoms with Crippen molar-refractivity contribution in [2.24, 2.45) is 0 Å². The molecular formula is C15H14ClNO4. The van der Waals surface area contributed by atoms with Crippen molar-refractivity contribution < 1.29 is 14.4 Å². The summed E-state index contributed by atoms with van der Waals surface area (Å²) >= 11 is 6.00. The fraction of sp³-hybridized carbons (Fsp3) is 0.200. The van der Waals surface area contributed by atoms with Crippen LogP contribution in [0.3, 0.4) is 0 Å². The lowest BCUT2D eigenvalue weighted by atomic mass is 10.2. The molecule has 0 heterocycles. The number of hydrogen-bond donors (Lipinski definition) is 0. The number of nitrogens with zero attached hydrogens (tertiary/aromatic N) is 1. The maximum Gasteiger partial charge on any atom is 0.269 e. The third-order valence-corrected chi connectivity index (χ3v) is 3.29. The standard InChI is InChI=1S/C15H14ClNO4/c1-20-14-5-2-11(3-6-14)9-21-10-12-8-13(17(18)19)4-7-15(12)16/h2-8H,9-10H2,1H3. The molecule has 0 saturated heterocycles. The van der Waals surface area contributed by atoms with E-state index in [1.807, 2.05) is 24.3 Å². The monoisotopic (exact) mass is 307 g/mol. The Hall–Kier alpha value is -2.11. The Kier molecular flexibility index (Phi) is 5.14. The molecule has 0 aliphatic carbocycles. The van der Waals surface area contributed by atoms with Crippen molar-refractivity contribution in [3.05, 3.63) is 68.7 Å². The van der Waals surface area contributed by atoms with Crippen molar-refractivity contribution >= 4 is 17.3 Å². The van der Waals surface area contributed by atoms with Gasteiger partial charge in [0.25, 0.3) is 5.69 Å². The maximum absolute atomic E-state index is 10.7. The zero-order chi connectivity index (χ0) is 15.2. The fourth-order valence-corrected chi connectivity index (χ4v) is 1.96. The van der Waals surface area contributed by atoms with Gasteiger partial charge in [-0.05, 0) is 23.8 Å². The van der Waals surface area contributed by atoms with Gasteiger partial charge in [0, 0.05) is 22.7 Å². The molecular weight excluding hydrogens is 294 g/mol. The van der Waals surface area contributed by atoms with Gasteiger partial charge in [-0.25, -0.2) is 0 Å². The SMILES string of the molecule is COc1ccc(COCc2cc([N+](=O)[O-])ccc2Cl)cc1. The summed E-state index contributed by atoms with van der Waals surface area (Å²) in [6.07, 6.45) is 0. The molecule has 21 heavy (non-hydrogen) atoms. The van der Waals surface area contributed by atoms with Crippen LogP contribution in [0.1, 0.15) is 11.1 Å². The van der Waals surface area contributed by atoms with E-state index in [1.165, 1.54) is 18.2 Å². The number of nitro groups is 1. The van der Waals surface area contributed by atoms with E-state index in [1.54, 1.807) is 7.11 Å². The van der Waals surface area contributed by atoms with Crippen molar-refractivity contribution in [3.8, 4) is 5.75 Å². The van der Waals surface area contributed by atoms with Crippen LogP contribution >= 0.6 is 11.6 Å². The predicted molar refractivity (Wildman–Crippen MR) is 79.6 cm³/mol. The highest BCUT2D eigenvalue weighted by Crippen LogP contribution is 2.23. The van der Waals surface area contributed by atoms with Gasteiger partial charge in [-0.15, -0.1) is 0 Å². The summed E-state index contributed by atoms with van der Waals surface area (Å²) in [6, 6.07) is 11.8. The van der Waals surface area contributed by atoms with Gasteiger partial charge in [0.15, 0.2) is 0 Å². The number of methoxy groups -OCH3 is 1. The smallest absolute Gasteiger partial charge is 0.269 e. The van der Waals surface area contributed by atoms with Gasteiger partial charge in [-0.3, -0.25) is 10.1 Å². The summed E-state index contributed by atoms with van der Waals surface area (Å²) in [4.78, 5) is 10.3. The van der Waals surface area contributed by atoms with Crippen molar-refractivity contribution in [3.63, 3.8) is 0 Å². The summed E-state index contributed by atoms with van der Waals surface area (Å²) in [5, 5.41) is 11.2. The summed E-state index contributed by atoms with van der Waals surface area (Å²) in [5.74, 6) is 0.778. The lowest BCUT2D eigenvalue weighted by molar-refractivity contribution is -0.384. The van der Waals surface area contributed by atoms with Gasteiger partial charge in [0.05, 0.1) is 25.2 Å². The second kappa shape index (κ2) is 7.06.